The number of halogens is 2. The third-order valence-corrected chi connectivity index (χ3v) is 6.25. The maximum absolute atomic E-state index is 13.0. The molecule has 2 rings (SSSR count). The maximum Gasteiger partial charge on any atom is 0.264 e. The fourth-order valence-corrected chi connectivity index (χ4v) is 3.95. The topological polar surface area (TPSA) is 46.6 Å². The van der Waals surface area contributed by atoms with Gasteiger partial charge in [-0.15, -0.1) is 6.58 Å². The molecule has 0 saturated heterocycles. The van der Waals surface area contributed by atoms with Crippen molar-refractivity contribution < 1.29 is 13.2 Å². The minimum Gasteiger partial charge on any atom is -0.494 e. The van der Waals surface area contributed by atoms with E-state index in [2.05, 4.69) is 22.5 Å². The average molecular weight is 431 g/mol. The van der Waals surface area contributed by atoms with E-state index in [-0.39, 0.29) is 11.4 Å². The molecule has 0 aliphatic heterocycles. The number of hydrogen-bond acceptors (Lipinski definition) is 3. The van der Waals surface area contributed by atoms with Crippen LogP contribution in [0.4, 0.5) is 5.69 Å². The summed E-state index contributed by atoms with van der Waals surface area (Å²) >= 11 is 9.40. The quantitative estimate of drug-likeness (QED) is 0.588. The Morgan fingerprint density at radius 1 is 1.25 bits per heavy atom. The fraction of sp³-hybridized carbons (Fsp3) is 0.176. The van der Waals surface area contributed by atoms with Gasteiger partial charge in [0.2, 0.25) is 0 Å². The van der Waals surface area contributed by atoms with Gasteiger partial charge in [0.15, 0.2) is 0 Å². The average Bonchev–Trinajstić information content (AvgIpc) is 2.56. The van der Waals surface area contributed by atoms with Gasteiger partial charge < -0.3 is 4.74 Å². The summed E-state index contributed by atoms with van der Waals surface area (Å²) in [5, 5.41) is 0.434. The Labute approximate surface area is 155 Å². The molecule has 0 heterocycles. The van der Waals surface area contributed by atoms with E-state index in [1.807, 2.05) is 6.92 Å². The molecule has 2 aromatic rings. The van der Waals surface area contributed by atoms with Gasteiger partial charge in [-0.05, 0) is 65.3 Å². The lowest BCUT2D eigenvalue weighted by molar-refractivity contribution is 0.340. The van der Waals surface area contributed by atoms with Gasteiger partial charge in [-0.2, -0.15) is 0 Å². The number of hydrogen-bond donors (Lipinski definition) is 0. The van der Waals surface area contributed by atoms with Crippen LogP contribution in [0.25, 0.3) is 0 Å². The van der Waals surface area contributed by atoms with Crippen molar-refractivity contribution in [2.24, 2.45) is 0 Å². The fourth-order valence-electron chi connectivity index (χ4n) is 2.10. The van der Waals surface area contributed by atoms with E-state index in [9.17, 15) is 8.42 Å². The zero-order valence-electron chi connectivity index (χ0n) is 13.1. The molecule has 0 N–H and O–H groups in total. The SMILES string of the molecule is C=CCN(c1ccc(Br)c(Cl)c1)S(=O)(=O)c1ccc(OCC)cc1. The molecule has 2 aromatic carbocycles. The van der Waals surface area contributed by atoms with Gasteiger partial charge in [-0.3, -0.25) is 4.31 Å². The van der Waals surface area contributed by atoms with Crippen LogP contribution in [-0.2, 0) is 10.0 Å². The van der Waals surface area contributed by atoms with E-state index in [1.165, 1.54) is 22.5 Å². The molecule has 0 bridgehead atoms. The predicted octanol–water partition coefficient (Wildman–Crippen LogP) is 4.88. The number of benzene rings is 2. The van der Waals surface area contributed by atoms with Crippen LogP contribution in [0.1, 0.15) is 6.92 Å². The lowest BCUT2D eigenvalue weighted by Gasteiger charge is -2.23. The van der Waals surface area contributed by atoms with Crippen molar-refractivity contribution in [3.8, 4) is 5.75 Å². The van der Waals surface area contributed by atoms with Crippen LogP contribution in [0.5, 0.6) is 5.75 Å². The highest BCUT2D eigenvalue weighted by Crippen LogP contribution is 2.31. The van der Waals surface area contributed by atoms with Crippen LogP contribution >= 0.6 is 27.5 Å². The molecule has 128 valence electrons. The van der Waals surface area contributed by atoms with Gasteiger partial charge >= 0.3 is 0 Å². The smallest absolute Gasteiger partial charge is 0.264 e. The predicted molar refractivity (Wildman–Crippen MR) is 101 cm³/mol. The second-order valence-corrected chi connectivity index (χ2v) is 7.95. The number of ether oxygens (including phenoxy) is 1. The number of rotatable bonds is 7. The Balaban J connectivity index is 2.44. The van der Waals surface area contributed by atoms with Crippen molar-refractivity contribution in [3.05, 3.63) is 64.6 Å². The van der Waals surface area contributed by atoms with Crippen LogP contribution in [0.3, 0.4) is 0 Å². The summed E-state index contributed by atoms with van der Waals surface area (Å²) < 4.78 is 33.2. The second-order valence-electron chi connectivity index (χ2n) is 4.83. The first-order valence-corrected chi connectivity index (χ1v) is 9.82. The first kappa shape index (κ1) is 18.8. The first-order chi connectivity index (χ1) is 11.4. The molecule has 0 unspecified atom stereocenters. The first-order valence-electron chi connectivity index (χ1n) is 7.21. The van der Waals surface area contributed by atoms with Crippen molar-refractivity contribution in [2.75, 3.05) is 17.5 Å². The Kier molecular flexibility index (Phi) is 6.32. The zero-order valence-corrected chi connectivity index (χ0v) is 16.2. The highest BCUT2D eigenvalue weighted by Gasteiger charge is 2.24. The Bertz CT molecular complexity index is 822. The monoisotopic (exact) mass is 429 g/mol. The van der Waals surface area contributed by atoms with Gasteiger partial charge in [0.05, 0.1) is 28.8 Å². The molecule has 0 atom stereocenters. The van der Waals surface area contributed by atoms with Crippen LogP contribution in [0.15, 0.2) is 64.5 Å². The molecule has 0 fully saturated rings. The van der Waals surface area contributed by atoms with Crippen molar-refractivity contribution in [2.45, 2.75) is 11.8 Å². The molecule has 0 aliphatic carbocycles. The van der Waals surface area contributed by atoms with Crippen molar-refractivity contribution in [1.29, 1.82) is 0 Å². The molecule has 7 heteroatoms. The standard InChI is InChI=1S/C17H17BrClNO3S/c1-3-11-20(13-5-10-16(18)17(19)12-13)24(21,22)15-8-6-14(7-9-15)23-4-2/h3,5-10,12H,1,4,11H2,2H3. The summed E-state index contributed by atoms with van der Waals surface area (Å²) in [6.07, 6.45) is 1.53. The van der Waals surface area contributed by atoms with Crippen LogP contribution in [-0.4, -0.2) is 21.6 Å². The minimum atomic E-state index is -3.75. The van der Waals surface area contributed by atoms with E-state index >= 15 is 0 Å². The summed E-state index contributed by atoms with van der Waals surface area (Å²) in [7, 11) is -3.75. The molecule has 0 spiro atoms. The van der Waals surface area contributed by atoms with Gasteiger partial charge in [0.25, 0.3) is 10.0 Å². The van der Waals surface area contributed by atoms with Crippen LogP contribution in [0, 0.1) is 0 Å². The summed E-state index contributed by atoms with van der Waals surface area (Å²) in [4.78, 5) is 0.173. The third-order valence-electron chi connectivity index (χ3n) is 3.21. The van der Waals surface area contributed by atoms with E-state index in [1.54, 1.807) is 30.3 Å². The van der Waals surface area contributed by atoms with Crippen LogP contribution < -0.4 is 9.04 Å². The van der Waals surface area contributed by atoms with Crippen molar-refractivity contribution in [3.63, 3.8) is 0 Å². The molecule has 0 radical (unpaired) electrons. The van der Waals surface area contributed by atoms with E-state index < -0.39 is 10.0 Å². The Morgan fingerprint density at radius 3 is 2.46 bits per heavy atom. The lowest BCUT2D eigenvalue weighted by atomic mass is 10.3. The molecular weight excluding hydrogens is 414 g/mol. The summed E-state index contributed by atoms with van der Waals surface area (Å²) in [6.45, 7) is 6.16. The Hall–Kier alpha value is -1.50. The highest BCUT2D eigenvalue weighted by molar-refractivity contribution is 9.10. The molecule has 0 aromatic heterocycles. The van der Waals surface area contributed by atoms with E-state index in [0.717, 1.165) is 0 Å². The summed E-state index contributed by atoms with van der Waals surface area (Å²) in [5.41, 5.74) is 0.469. The lowest BCUT2D eigenvalue weighted by Crippen LogP contribution is -2.31. The van der Waals surface area contributed by atoms with Gasteiger partial charge in [-0.25, -0.2) is 8.42 Å². The highest BCUT2D eigenvalue weighted by atomic mass is 79.9. The summed E-state index contributed by atoms with van der Waals surface area (Å²) in [6, 6.07) is 11.3. The van der Waals surface area contributed by atoms with E-state index in [0.29, 0.717) is 27.5 Å². The third kappa shape index (κ3) is 4.12. The largest absolute Gasteiger partial charge is 0.494 e. The number of anilines is 1. The number of nitrogens with zero attached hydrogens (tertiary/aromatic N) is 1. The molecule has 0 saturated carbocycles. The zero-order chi connectivity index (χ0) is 17.7. The number of sulfonamides is 1. The molecule has 0 aliphatic rings. The minimum absolute atomic E-state index is 0.132. The van der Waals surface area contributed by atoms with Gasteiger partial charge in [-0.1, -0.05) is 17.7 Å². The normalized spacial score (nSPS) is 11.1. The summed E-state index contributed by atoms with van der Waals surface area (Å²) in [5.74, 6) is 0.624. The molecule has 24 heavy (non-hydrogen) atoms. The van der Waals surface area contributed by atoms with Crippen LogP contribution in [0.2, 0.25) is 5.02 Å². The molecule has 4 nitrogen and oxygen atoms in total. The van der Waals surface area contributed by atoms with E-state index in [4.69, 9.17) is 16.3 Å². The molecule has 0 amide bonds. The van der Waals surface area contributed by atoms with Crippen molar-refractivity contribution in [1.82, 2.24) is 0 Å². The second kappa shape index (κ2) is 8.05. The van der Waals surface area contributed by atoms with Gasteiger partial charge in [0, 0.05) is 4.47 Å². The van der Waals surface area contributed by atoms with Gasteiger partial charge in [0.1, 0.15) is 5.75 Å². The maximum atomic E-state index is 13.0. The Morgan fingerprint density at radius 2 is 1.92 bits per heavy atom. The molecular formula is C17H17BrClNO3S. The van der Waals surface area contributed by atoms with Crippen molar-refractivity contribution >= 4 is 43.2 Å².